The summed E-state index contributed by atoms with van der Waals surface area (Å²) in [7, 11) is 2.00. The Kier molecular flexibility index (Phi) is 4.93. The van der Waals surface area contributed by atoms with Gasteiger partial charge in [0.2, 0.25) is 0 Å². The van der Waals surface area contributed by atoms with Crippen LogP contribution in [0, 0.1) is 0 Å². The van der Waals surface area contributed by atoms with Crippen molar-refractivity contribution in [2.24, 2.45) is 5.16 Å². The minimum Gasteiger partial charge on any atom is -0.392 e. The van der Waals surface area contributed by atoms with Gasteiger partial charge < -0.3 is 14.8 Å². The number of aliphatic hydroxyl groups is 1. The molecule has 2 atom stereocenters. The predicted molar refractivity (Wildman–Crippen MR) is 76.3 cm³/mol. The van der Waals surface area contributed by atoms with Gasteiger partial charge in [-0.15, -0.1) is 0 Å². The van der Waals surface area contributed by atoms with Gasteiger partial charge in [0.15, 0.2) is 0 Å². The zero-order valence-electron chi connectivity index (χ0n) is 11.6. The quantitative estimate of drug-likeness (QED) is 0.851. The van der Waals surface area contributed by atoms with Crippen LogP contribution in [0.5, 0.6) is 0 Å². The van der Waals surface area contributed by atoms with E-state index in [4.69, 9.17) is 4.84 Å². The first-order valence-electron chi connectivity index (χ1n) is 6.83. The Morgan fingerprint density at radius 1 is 1.42 bits per heavy atom. The maximum absolute atomic E-state index is 9.62. The van der Waals surface area contributed by atoms with Crippen molar-refractivity contribution in [3.63, 3.8) is 0 Å². The standard InChI is InChI=1S/C15H22N2O2/c1-3-13(18)10-17(2)11-14-9-15(16-19-14)12-7-5-4-6-8-12/h4-8,13-14,18H,3,9-11H2,1-2H3. The van der Waals surface area contributed by atoms with Crippen LogP contribution in [0.15, 0.2) is 35.5 Å². The molecule has 1 aliphatic heterocycles. The Morgan fingerprint density at radius 3 is 2.84 bits per heavy atom. The summed E-state index contributed by atoms with van der Waals surface area (Å²) in [5, 5.41) is 13.8. The lowest BCUT2D eigenvalue weighted by molar-refractivity contribution is 0.0436. The molecule has 0 saturated heterocycles. The van der Waals surface area contributed by atoms with E-state index in [0.717, 1.165) is 30.7 Å². The van der Waals surface area contributed by atoms with Crippen LogP contribution in [0.2, 0.25) is 0 Å². The van der Waals surface area contributed by atoms with Crippen molar-refractivity contribution >= 4 is 5.71 Å². The van der Waals surface area contributed by atoms with Crippen LogP contribution in [0.1, 0.15) is 25.3 Å². The molecule has 0 saturated carbocycles. The van der Waals surface area contributed by atoms with Crippen molar-refractivity contribution in [1.29, 1.82) is 0 Å². The number of benzene rings is 1. The fraction of sp³-hybridized carbons (Fsp3) is 0.533. The molecule has 1 aliphatic rings. The number of likely N-dealkylation sites (N-methyl/N-ethyl adjacent to an activating group) is 1. The maximum Gasteiger partial charge on any atom is 0.145 e. The van der Waals surface area contributed by atoms with E-state index in [-0.39, 0.29) is 12.2 Å². The van der Waals surface area contributed by atoms with Crippen molar-refractivity contribution in [3.05, 3.63) is 35.9 Å². The largest absolute Gasteiger partial charge is 0.392 e. The molecule has 0 radical (unpaired) electrons. The molecule has 104 valence electrons. The first kappa shape index (κ1) is 14.0. The van der Waals surface area contributed by atoms with Crippen molar-refractivity contribution in [2.75, 3.05) is 20.1 Å². The molecule has 0 fully saturated rings. The average molecular weight is 262 g/mol. The molecular formula is C15H22N2O2. The average Bonchev–Trinajstić information content (AvgIpc) is 2.88. The van der Waals surface area contributed by atoms with Gasteiger partial charge in [0.25, 0.3) is 0 Å². The van der Waals surface area contributed by atoms with Gasteiger partial charge in [0, 0.05) is 19.5 Å². The van der Waals surface area contributed by atoms with Crippen LogP contribution in [-0.2, 0) is 4.84 Å². The molecule has 1 N–H and O–H groups in total. The minimum absolute atomic E-state index is 0.0873. The summed E-state index contributed by atoms with van der Waals surface area (Å²) >= 11 is 0. The van der Waals surface area contributed by atoms with Crippen molar-refractivity contribution in [1.82, 2.24) is 4.90 Å². The molecule has 4 nitrogen and oxygen atoms in total. The van der Waals surface area contributed by atoms with Gasteiger partial charge in [0.05, 0.1) is 11.8 Å². The summed E-state index contributed by atoms with van der Waals surface area (Å²) in [4.78, 5) is 7.57. The summed E-state index contributed by atoms with van der Waals surface area (Å²) in [6.07, 6.45) is 1.43. The fourth-order valence-corrected chi connectivity index (χ4v) is 2.24. The Bertz CT molecular complexity index is 419. The lowest BCUT2D eigenvalue weighted by atomic mass is 10.0. The van der Waals surface area contributed by atoms with Crippen LogP contribution >= 0.6 is 0 Å². The van der Waals surface area contributed by atoms with Gasteiger partial charge in [-0.3, -0.25) is 0 Å². The SMILES string of the molecule is CCC(O)CN(C)CC1CC(c2ccccc2)=NO1. The third-order valence-electron chi connectivity index (χ3n) is 3.35. The Labute approximate surface area is 114 Å². The smallest absolute Gasteiger partial charge is 0.145 e. The van der Waals surface area contributed by atoms with Gasteiger partial charge in [-0.1, -0.05) is 42.4 Å². The monoisotopic (exact) mass is 262 g/mol. The van der Waals surface area contributed by atoms with E-state index < -0.39 is 0 Å². The topological polar surface area (TPSA) is 45.1 Å². The molecule has 0 aliphatic carbocycles. The second kappa shape index (κ2) is 6.68. The van der Waals surface area contributed by atoms with Crippen LogP contribution in [0.25, 0.3) is 0 Å². The zero-order chi connectivity index (χ0) is 13.7. The van der Waals surface area contributed by atoms with Crippen molar-refractivity contribution < 1.29 is 9.94 Å². The van der Waals surface area contributed by atoms with E-state index in [1.807, 2.05) is 32.2 Å². The third-order valence-corrected chi connectivity index (χ3v) is 3.35. The summed E-state index contributed by atoms with van der Waals surface area (Å²) in [6.45, 7) is 3.45. The Morgan fingerprint density at radius 2 is 2.16 bits per heavy atom. The molecule has 0 spiro atoms. The number of hydrogen-bond donors (Lipinski definition) is 1. The predicted octanol–water partition coefficient (Wildman–Crippen LogP) is 1.88. The highest BCUT2D eigenvalue weighted by Gasteiger charge is 2.23. The van der Waals surface area contributed by atoms with E-state index in [9.17, 15) is 5.11 Å². The molecule has 0 amide bonds. The summed E-state index contributed by atoms with van der Waals surface area (Å²) in [5.74, 6) is 0. The first-order valence-corrected chi connectivity index (χ1v) is 6.83. The van der Waals surface area contributed by atoms with E-state index in [1.165, 1.54) is 0 Å². The molecule has 0 aromatic heterocycles. The number of aliphatic hydroxyl groups excluding tert-OH is 1. The lowest BCUT2D eigenvalue weighted by Crippen LogP contribution is -2.35. The van der Waals surface area contributed by atoms with Gasteiger partial charge in [-0.25, -0.2) is 0 Å². The van der Waals surface area contributed by atoms with Crippen LogP contribution < -0.4 is 0 Å². The highest BCUT2D eigenvalue weighted by Crippen LogP contribution is 2.17. The molecule has 4 heteroatoms. The Hall–Kier alpha value is -1.39. The van der Waals surface area contributed by atoms with Gasteiger partial charge in [-0.2, -0.15) is 0 Å². The molecule has 2 rings (SSSR count). The van der Waals surface area contributed by atoms with Crippen molar-refractivity contribution in [3.8, 4) is 0 Å². The maximum atomic E-state index is 9.62. The second-order valence-electron chi connectivity index (χ2n) is 5.12. The zero-order valence-corrected chi connectivity index (χ0v) is 11.6. The van der Waals surface area contributed by atoms with E-state index >= 15 is 0 Å². The summed E-state index contributed by atoms with van der Waals surface area (Å²) in [6, 6.07) is 10.1. The van der Waals surface area contributed by atoms with Gasteiger partial charge in [0.1, 0.15) is 6.10 Å². The number of rotatable bonds is 6. The molecule has 1 aromatic carbocycles. The molecular weight excluding hydrogens is 240 g/mol. The van der Waals surface area contributed by atoms with Gasteiger partial charge >= 0.3 is 0 Å². The molecule has 0 bridgehead atoms. The molecule has 19 heavy (non-hydrogen) atoms. The minimum atomic E-state index is -0.263. The fourth-order valence-electron chi connectivity index (χ4n) is 2.24. The summed E-state index contributed by atoms with van der Waals surface area (Å²) < 4.78 is 0. The number of nitrogens with zero attached hydrogens (tertiary/aromatic N) is 2. The molecule has 1 aromatic rings. The van der Waals surface area contributed by atoms with Crippen LogP contribution in [0.3, 0.4) is 0 Å². The van der Waals surface area contributed by atoms with Crippen LogP contribution in [-0.4, -0.2) is 48.1 Å². The second-order valence-corrected chi connectivity index (χ2v) is 5.12. The lowest BCUT2D eigenvalue weighted by Gasteiger charge is -2.21. The first-order chi connectivity index (χ1) is 9.19. The van der Waals surface area contributed by atoms with Gasteiger partial charge in [-0.05, 0) is 19.0 Å². The highest BCUT2D eigenvalue weighted by atomic mass is 16.6. The van der Waals surface area contributed by atoms with Crippen LogP contribution in [0.4, 0.5) is 0 Å². The molecule has 2 unspecified atom stereocenters. The number of oxime groups is 1. The number of hydrogen-bond acceptors (Lipinski definition) is 4. The van der Waals surface area contributed by atoms with E-state index in [2.05, 4.69) is 22.2 Å². The highest BCUT2D eigenvalue weighted by molar-refractivity contribution is 6.01. The van der Waals surface area contributed by atoms with E-state index in [0.29, 0.717) is 6.54 Å². The van der Waals surface area contributed by atoms with E-state index in [1.54, 1.807) is 0 Å². The molecule has 1 heterocycles. The normalized spacial score (nSPS) is 20.2. The van der Waals surface area contributed by atoms with Crippen molar-refractivity contribution in [2.45, 2.75) is 32.0 Å². The summed E-state index contributed by atoms with van der Waals surface area (Å²) in [5.41, 5.74) is 2.14. The Balaban J connectivity index is 1.81. The third kappa shape index (κ3) is 4.04.